The summed E-state index contributed by atoms with van der Waals surface area (Å²) in [7, 11) is 0. The number of benzene rings is 3. The number of fused-ring (bicyclic) bond motifs is 1. The summed E-state index contributed by atoms with van der Waals surface area (Å²) in [5.41, 5.74) is 3.62. The molecule has 186 valence electrons. The molecular weight excluding hydrogens is 501 g/mol. The fourth-order valence-corrected chi connectivity index (χ4v) is 4.89. The van der Waals surface area contributed by atoms with Crippen LogP contribution in [0.2, 0.25) is 0 Å². The quantitative estimate of drug-likeness (QED) is 0.279. The largest absolute Gasteiger partial charge is 0.490 e. The van der Waals surface area contributed by atoms with E-state index in [4.69, 9.17) is 9.84 Å². The van der Waals surface area contributed by atoms with Gasteiger partial charge in [-0.15, -0.1) is 5.10 Å². The number of halogens is 1. The van der Waals surface area contributed by atoms with Crippen LogP contribution in [0.15, 0.2) is 103 Å². The number of hydrogen-bond donors (Lipinski definition) is 0. The first-order chi connectivity index (χ1) is 18.6. The van der Waals surface area contributed by atoms with E-state index in [-0.39, 0.29) is 11.4 Å². The van der Waals surface area contributed by atoms with E-state index in [0.717, 1.165) is 28.3 Å². The zero-order valence-electron chi connectivity index (χ0n) is 20.0. The van der Waals surface area contributed by atoms with Gasteiger partial charge in [-0.3, -0.25) is 4.79 Å². The van der Waals surface area contributed by atoms with Crippen LogP contribution in [0.4, 0.5) is 4.39 Å². The normalized spacial score (nSPS) is 11.8. The van der Waals surface area contributed by atoms with Gasteiger partial charge in [-0.2, -0.15) is 14.6 Å². The third kappa shape index (κ3) is 4.51. The van der Waals surface area contributed by atoms with Gasteiger partial charge in [-0.25, -0.2) is 9.07 Å². The van der Waals surface area contributed by atoms with Gasteiger partial charge in [0.25, 0.3) is 5.56 Å². The Bertz CT molecular complexity index is 1860. The highest BCUT2D eigenvalue weighted by molar-refractivity contribution is 7.15. The van der Waals surface area contributed by atoms with Crippen LogP contribution in [0.25, 0.3) is 39.4 Å². The Balaban J connectivity index is 1.44. The van der Waals surface area contributed by atoms with E-state index in [1.165, 1.54) is 28.0 Å². The molecule has 0 spiro atoms. The first-order valence-electron chi connectivity index (χ1n) is 11.8. The van der Waals surface area contributed by atoms with Gasteiger partial charge in [0, 0.05) is 22.9 Å². The maximum atomic E-state index is 13.3. The molecule has 3 heterocycles. The molecule has 3 aromatic heterocycles. The fraction of sp³-hybridized carbons (Fsp3) is 0.0345. The lowest BCUT2D eigenvalue weighted by Crippen LogP contribution is -2.23. The summed E-state index contributed by atoms with van der Waals surface area (Å²) in [6.07, 6.45) is 5.40. The van der Waals surface area contributed by atoms with Crippen LogP contribution in [-0.2, 0) is 0 Å². The molecule has 0 aliphatic heterocycles. The minimum atomic E-state index is -0.345. The molecule has 3 aromatic carbocycles. The summed E-state index contributed by atoms with van der Waals surface area (Å²) >= 11 is 1.24. The lowest BCUT2D eigenvalue weighted by atomic mass is 10.1. The summed E-state index contributed by atoms with van der Waals surface area (Å²) in [5, 5.41) is 9.19. The summed E-state index contributed by atoms with van der Waals surface area (Å²) in [6, 6.07) is 23.2. The summed E-state index contributed by atoms with van der Waals surface area (Å²) in [4.78, 5) is 18.2. The number of rotatable bonds is 7. The molecule has 0 unspecified atom stereocenters. The average molecular weight is 522 g/mol. The second kappa shape index (κ2) is 9.87. The van der Waals surface area contributed by atoms with Crippen molar-refractivity contribution < 1.29 is 9.13 Å². The molecule has 6 rings (SSSR count). The van der Waals surface area contributed by atoms with Crippen molar-refractivity contribution in [1.29, 1.82) is 0 Å². The molecule has 0 bridgehead atoms. The molecule has 0 fully saturated rings. The zero-order chi connectivity index (χ0) is 26.1. The molecule has 0 radical (unpaired) electrons. The monoisotopic (exact) mass is 521 g/mol. The van der Waals surface area contributed by atoms with E-state index in [9.17, 15) is 9.18 Å². The van der Waals surface area contributed by atoms with Crippen molar-refractivity contribution in [3.8, 4) is 34.1 Å². The molecule has 0 N–H and O–H groups in total. The van der Waals surface area contributed by atoms with Crippen LogP contribution in [0.3, 0.4) is 0 Å². The number of para-hydroxylation sites is 1. The third-order valence-electron chi connectivity index (χ3n) is 5.83. The summed E-state index contributed by atoms with van der Waals surface area (Å²) < 4.78 is 22.4. The molecule has 6 aromatic rings. The van der Waals surface area contributed by atoms with Crippen molar-refractivity contribution in [3.63, 3.8) is 0 Å². The molecule has 9 heteroatoms. The van der Waals surface area contributed by atoms with Crippen LogP contribution in [0.5, 0.6) is 5.75 Å². The molecule has 0 atom stereocenters. The number of nitrogens with zero attached hydrogens (tertiary/aromatic N) is 5. The van der Waals surface area contributed by atoms with Crippen LogP contribution in [0, 0.1) is 5.82 Å². The van der Waals surface area contributed by atoms with Gasteiger partial charge in [0.2, 0.25) is 4.96 Å². The lowest BCUT2D eigenvalue weighted by Gasteiger charge is -2.04. The summed E-state index contributed by atoms with van der Waals surface area (Å²) in [5.74, 6) is 0.754. The van der Waals surface area contributed by atoms with Crippen molar-refractivity contribution in [1.82, 2.24) is 24.4 Å². The standard InChI is InChI=1S/C29H20FN5O2S/c1-2-16-37-24-14-10-19(11-15-24)26-21(18-34(32-26)23-6-4-3-5-7-23)17-25-28(36)35-29(38-25)31-27(33-35)20-8-12-22(30)13-9-20/h2-15,17-18H,1,16H2/b25-17-. The van der Waals surface area contributed by atoms with Crippen molar-refractivity contribution in [3.05, 3.63) is 124 Å². The van der Waals surface area contributed by atoms with E-state index in [0.29, 0.717) is 27.5 Å². The maximum absolute atomic E-state index is 13.3. The van der Waals surface area contributed by atoms with Crippen LogP contribution < -0.4 is 14.8 Å². The Morgan fingerprint density at radius 1 is 0.947 bits per heavy atom. The Hall–Kier alpha value is -4.89. The van der Waals surface area contributed by atoms with Gasteiger partial charge in [0.1, 0.15) is 23.9 Å². The Morgan fingerprint density at radius 2 is 1.68 bits per heavy atom. The smallest absolute Gasteiger partial charge is 0.291 e. The van der Waals surface area contributed by atoms with Gasteiger partial charge >= 0.3 is 0 Å². The maximum Gasteiger partial charge on any atom is 0.291 e. The Morgan fingerprint density at radius 3 is 2.39 bits per heavy atom. The Labute approximate surface area is 220 Å². The van der Waals surface area contributed by atoms with Crippen LogP contribution in [0.1, 0.15) is 5.56 Å². The minimum absolute atomic E-state index is 0.280. The van der Waals surface area contributed by atoms with Crippen LogP contribution >= 0.6 is 11.3 Å². The number of aromatic nitrogens is 5. The molecular formula is C29H20FN5O2S. The van der Waals surface area contributed by atoms with Crippen molar-refractivity contribution in [2.75, 3.05) is 6.61 Å². The SMILES string of the molecule is C=CCOc1ccc(-c2nn(-c3ccccc3)cc2/C=c2\sc3nc(-c4ccc(F)cc4)nn3c2=O)cc1. The third-order valence-corrected chi connectivity index (χ3v) is 6.79. The molecule has 0 aliphatic rings. The molecule has 7 nitrogen and oxygen atoms in total. The Kier molecular flexibility index (Phi) is 6.11. The molecule has 0 saturated carbocycles. The predicted molar refractivity (Wildman–Crippen MR) is 146 cm³/mol. The van der Waals surface area contributed by atoms with E-state index in [1.54, 1.807) is 22.9 Å². The van der Waals surface area contributed by atoms with E-state index < -0.39 is 0 Å². The average Bonchev–Trinajstić information content (AvgIpc) is 3.64. The van der Waals surface area contributed by atoms with Gasteiger partial charge in [0.05, 0.1) is 10.2 Å². The van der Waals surface area contributed by atoms with Crippen LogP contribution in [-0.4, -0.2) is 31.0 Å². The topological polar surface area (TPSA) is 74.3 Å². The van der Waals surface area contributed by atoms with Crippen molar-refractivity contribution >= 4 is 22.4 Å². The molecule has 0 amide bonds. The number of hydrogen-bond acceptors (Lipinski definition) is 6. The zero-order valence-corrected chi connectivity index (χ0v) is 20.8. The van der Waals surface area contributed by atoms with Crippen molar-refractivity contribution in [2.45, 2.75) is 0 Å². The predicted octanol–water partition coefficient (Wildman–Crippen LogP) is 4.92. The number of thiazole rings is 1. The van der Waals surface area contributed by atoms with Gasteiger partial charge in [-0.05, 0) is 66.7 Å². The van der Waals surface area contributed by atoms with E-state index in [2.05, 4.69) is 16.7 Å². The first-order valence-corrected chi connectivity index (χ1v) is 12.6. The molecule has 0 aliphatic carbocycles. The fourth-order valence-electron chi connectivity index (χ4n) is 3.99. The van der Waals surface area contributed by atoms with Crippen molar-refractivity contribution in [2.24, 2.45) is 0 Å². The van der Waals surface area contributed by atoms with Gasteiger partial charge in [0.15, 0.2) is 5.82 Å². The van der Waals surface area contributed by atoms with E-state index >= 15 is 0 Å². The highest BCUT2D eigenvalue weighted by atomic mass is 32.1. The van der Waals surface area contributed by atoms with E-state index in [1.807, 2.05) is 66.9 Å². The number of ether oxygens (including phenoxy) is 1. The van der Waals surface area contributed by atoms with Gasteiger partial charge in [-0.1, -0.05) is 42.2 Å². The second-order valence-electron chi connectivity index (χ2n) is 8.39. The van der Waals surface area contributed by atoms with Gasteiger partial charge < -0.3 is 4.74 Å². The highest BCUT2D eigenvalue weighted by Gasteiger charge is 2.15. The first kappa shape index (κ1) is 23.5. The highest BCUT2D eigenvalue weighted by Crippen LogP contribution is 2.27. The lowest BCUT2D eigenvalue weighted by molar-refractivity contribution is 0.363. The molecule has 0 saturated heterocycles. The molecule has 38 heavy (non-hydrogen) atoms. The second-order valence-corrected chi connectivity index (χ2v) is 9.40. The minimum Gasteiger partial charge on any atom is -0.490 e. The summed E-state index contributed by atoms with van der Waals surface area (Å²) in [6.45, 7) is 4.10.